The number of carbonyl (C=O) groups excluding carboxylic acids is 1. The molecular formula is C17H15ClO5. The predicted octanol–water partition coefficient (Wildman–Crippen LogP) is 4.43. The lowest BCUT2D eigenvalue weighted by atomic mass is 10.1. The summed E-state index contributed by atoms with van der Waals surface area (Å²) in [5, 5.41) is 0. The Kier molecular flexibility index (Phi) is 4.57. The van der Waals surface area contributed by atoms with E-state index in [1.165, 1.54) is 0 Å². The van der Waals surface area contributed by atoms with Crippen LogP contribution in [0.5, 0.6) is 17.2 Å². The van der Waals surface area contributed by atoms with E-state index in [0.717, 1.165) is 11.1 Å². The minimum absolute atomic E-state index is 0.0787. The first kappa shape index (κ1) is 15.5. The van der Waals surface area contributed by atoms with Gasteiger partial charge in [-0.1, -0.05) is 18.2 Å². The molecule has 0 aliphatic carbocycles. The van der Waals surface area contributed by atoms with Crippen molar-refractivity contribution in [1.29, 1.82) is 0 Å². The molecule has 2 aromatic rings. The summed E-state index contributed by atoms with van der Waals surface area (Å²) < 4.78 is 22.1. The minimum Gasteiger partial charge on any atom is -0.493 e. The molecule has 0 saturated carbocycles. The molecule has 0 aromatic heterocycles. The minimum atomic E-state index is -0.843. The summed E-state index contributed by atoms with van der Waals surface area (Å²) in [6.45, 7) is 2.46. The van der Waals surface area contributed by atoms with Crippen LogP contribution in [-0.2, 0) is 11.3 Å². The predicted molar refractivity (Wildman–Crippen MR) is 84.1 cm³/mol. The highest BCUT2D eigenvalue weighted by molar-refractivity contribution is 6.61. The molecule has 0 N–H and O–H groups in total. The van der Waals surface area contributed by atoms with Crippen LogP contribution in [-0.4, -0.2) is 12.0 Å². The van der Waals surface area contributed by atoms with Crippen LogP contribution < -0.4 is 14.2 Å². The molecule has 23 heavy (non-hydrogen) atoms. The second-order valence-electron chi connectivity index (χ2n) is 4.85. The summed E-state index contributed by atoms with van der Waals surface area (Å²) in [5.74, 6) is 2.01. The fraction of sp³-hybridized carbons (Fsp3) is 0.235. The van der Waals surface area contributed by atoms with E-state index in [-0.39, 0.29) is 6.61 Å². The normalized spacial score (nSPS) is 13.0. The highest BCUT2D eigenvalue weighted by Crippen LogP contribution is 2.42. The molecule has 1 aliphatic rings. The number of halogens is 1. The second kappa shape index (κ2) is 6.79. The quantitative estimate of drug-likeness (QED) is 0.757. The van der Waals surface area contributed by atoms with Gasteiger partial charge in [-0.3, -0.25) is 0 Å². The van der Waals surface area contributed by atoms with Crippen molar-refractivity contribution >= 4 is 17.0 Å². The molecule has 120 valence electrons. The Labute approximate surface area is 138 Å². The Morgan fingerprint density at radius 3 is 2.48 bits per heavy atom. The van der Waals surface area contributed by atoms with Gasteiger partial charge in [-0.25, -0.2) is 4.79 Å². The molecule has 0 unspecified atom stereocenters. The van der Waals surface area contributed by atoms with Crippen LogP contribution >= 0.6 is 11.6 Å². The zero-order chi connectivity index (χ0) is 16.2. The fourth-order valence-electron chi connectivity index (χ4n) is 2.31. The van der Waals surface area contributed by atoms with Gasteiger partial charge in [0.2, 0.25) is 0 Å². The first-order valence-electron chi connectivity index (χ1n) is 7.17. The van der Waals surface area contributed by atoms with Crippen LogP contribution in [0.2, 0.25) is 0 Å². The third-order valence-corrected chi connectivity index (χ3v) is 3.41. The van der Waals surface area contributed by atoms with Crippen molar-refractivity contribution in [1.82, 2.24) is 0 Å². The van der Waals surface area contributed by atoms with Crippen LogP contribution in [0.4, 0.5) is 4.79 Å². The topological polar surface area (TPSA) is 54.0 Å². The van der Waals surface area contributed by atoms with Crippen molar-refractivity contribution in [3.63, 3.8) is 0 Å². The van der Waals surface area contributed by atoms with Gasteiger partial charge in [0, 0.05) is 11.6 Å². The summed E-state index contributed by atoms with van der Waals surface area (Å²) in [6, 6.07) is 12.9. The SMILES string of the molecule is CCOc1cc(COC(=O)Cl)ccc1C1Oc2ccccc2O1. The molecule has 1 aliphatic heterocycles. The fourth-order valence-corrected chi connectivity index (χ4v) is 2.36. The average molecular weight is 335 g/mol. The molecule has 0 atom stereocenters. The van der Waals surface area contributed by atoms with Crippen molar-refractivity contribution < 1.29 is 23.7 Å². The first-order chi connectivity index (χ1) is 11.2. The van der Waals surface area contributed by atoms with Gasteiger partial charge in [0.15, 0.2) is 11.5 Å². The Morgan fingerprint density at radius 1 is 1.17 bits per heavy atom. The highest BCUT2D eigenvalue weighted by atomic mass is 35.5. The van der Waals surface area contributed by atoms with E-state index in [4.69, 9.17) is 30.5 Å². The Bertz CT molecular complexity index is 691. The number of hydrogen-bond acceptors (Lipinski definition) is 5. The largest absolute Gasteiger partial charge is 0.493 e. The van der Waals surface area contributed by atoms with Crippen LogP contribution in [0.15, 0.2) is 42.5 Å². The van der Waals surface area contributed by atoms with Gasteiger partial charge in [-0.2, -0.15) is 0 Å². The molecule has 0 saturated heterocycles. The Hall–Kier alpha value is -2.40. The van der Waals surface area contributed by atoms with Crippen molar-refractivity contribution in [2.45, 2.75) is 19.8 Å². The molecule has 1 heterocycles. The van der Waals surface area contributed by atoms with E-state index in [0.29, 0.717) is 23.9 Å². The monoisotopic (exact) mass is 334 g/mol. The van der Waals surface area contributed by atoms with Gasteiger partial charge in [0.05, 0.1) is 12.2 Å². The molecule has 0 bridgehead atoms. The zero-order valence-corrected chi connectivity index (χ0v) is 13.2. The van der Waals surface area contributed by atoms with Gasteiger partial charge in [0.25, 0.3) is 6.29 Å². The lowest BCUT2D eigenvalue weighted by Gasteiger charge is -2.16. The van der Waals surface area contributed by atoms with Crippen LogP contribution in [0.1, 0.15) is 24.3 Å². The van der Waals surface area contributed by atoms with E-state index in [1.807, 2.05) is 43.3 Å². The number of rotatable bonds is 5. The number of ether oxygens (including phenoxy) is 4. The van der Waals surface area contributed by atoms with Gasteiger partial charge in [-0.05, 0) is 36.8 Å². The molecule has 0 radical (unpaired) electrons. The molecule has 6 heteroatoms. The summed E-state index contributed by atoms with van der Waals surface area (Å²) >= 11 is 5.18. The summed E-state index contributed by atoms with van der Waals surface area (Å²) in [6.07, 6.45) is -0.571. The molecule has 0 fully saturated rings. The van der Waals surface area contributed by atoms with Crippen LogP contribution in [0.3, 0.4) is 0 Å². The summed E-state index contributed by atoms with van der Waals surface area (Å²) in [5.41, 5.74) is 0.690. The summed E-state index contributed by atoms with van der Waals surface area (Å²) in [7, 11) is 0. The average Bonchev–Trinajstić information content (AvgIpc) is 2.97. The maximum Gasteiger partial charge on any atom is 0.404 e. The van der Waals surface area contributed by atoms with Crippen molar-refractivity contribution in [3.8, 4) is 17.2 Å². The zero-order valence-electron chi connectivity index (χ0n) is 12.5. The van der Waals surface area contributed by atoms with E-state index < -0.39 is 11.7 Å². The van der Waals surface area contributed by atoms with Gasteiger partial charge in [0.1, 0.15) is 12.4 Å². The molecule has 0 amide bonds. The maximum absolute atomic E-state index is 10.7. The molecule has 2 aromatic carbocycles. The van der Waals surface area contributed by atoms with Gasteiger partial charge in [-0.15, -0.1) is 0 Å². The van der Waals surface area contributed by atoms with Gasteiger partial charge < -0.3 is 18.9 Å². The lowest BCUT2D eigenvalue weighted by Crippen LogP contribution is -2.11. The van der Waals surface area contributed by atoms with E-state index in [2.05, 4.69) is 0 Å². The third kappa shape index (κ3) is 3.51. The Morgan fingerprint density at radius 2 is 1.87 bits per heavy atom. The van der Waals surface area contributed by atoms with Crippen molar-refractivity contribution in [2.24, 2.45) is 0 Å². The third-order valence-electron chi connectivity index (χ3n) is 3.30. The maximum atomic E-state index is 10.7. The lowest BCUT2D eigenvalue weighted by molar-refractivity contribution is 0.0459. The molecule has 0 spiro atoms. The number of benzene rings is 2. The van der Waals surface area contributed by atoms with Crippen molar-refractivity contribution in [2.75, 3.05) is 6.61 Å². The molecule has 5 nitrogen and oxygen atoms in total. The number of carbonyl (C=O) groups is 1. The summed E-state index contributed by atoms with van der Waals surface area (Å²) in [4.78, 5) is 10.7. The number of hydrogen-bond donors (Lipinski definition) is 0. The molecule has 3 rings (SSSR count). The number of para-hydroxylation sites is 2. The Balaban J connectivity index is 1.83. The van der Waals surface area contributed by atoms with E-state index in [9.17, 15) is 4.79 Å². The number of fused-ring (bicyclic) bond motifs is 1. The smallest absolute Gasteiger partial charge is 0.404 e. The van der Waals surface area contributed by atoms with Crippen LogP contribution in [0.25, 0.3) is 0 Å². The van der Waals surface area contributed by atoms with Gasteiger partial charge >= 0.3 is 5.43 Å². The van der Waals surface area contributed by atoms with Crippen LogP contribution in [0, 0.1) is 0 Å². The first-order valence-corrected chi connectivity index (χ1v) is 7.55. The highest BCUT2D eigenvalue weighted by Gasteiger charge is 2.28. The standard InChI is InChI=1S/C17H15ClO5/c1-2-20-15-9-11(10-21-17(18)19)7-8-12(15)16-22-13-5-3-4-6-14(13)23-16/h3-9,16H,2,10H2,1H3. The second-order valence-corrected chi connectivity index (χ2v) is 5.15. The van der Waals surface area contributed by atoms with E-state index >= 15 is 0 Å². The molecular weight excluding hydrogens is 320 g/mol. The van der Waals surface area contributed by atoms with E-state index in [1.54, 1.807) is 6.07 Å². The van der Waals surface area contributed by atoms with Crippen molar-refractivity contribution in [3.05, 3.63) is 53.6 Å².